The van der Waals surface area contributed by atoms with Crippen molar-refractivity contribution >= 4 is 28.4 Å². The van der Waals surface area contributed by atoms with Crippen molar-refractivity contribution in [3.63, 3.8) is 0 Å². The van der Waals surface area contributed by atoms with Crippen molar-refractivity contribution in [2.24, 2.45) is 0 Å². The van der Waals surface area contributed by atoms with Gasteiger partial charge in [-0.3, -0.25) is 4.57 Å². The highest BCUT2D eigenvalue weighted by Gasteiger charge is 2.14. The predicted molar refractivity (Wildman–Crippen MR) is 113 cm³/mol. The van der Waals surface area contributed by atoms with Gasteiger partial charge < -0.3 is 20.5 Å². The molecule has 0 aliphatic heterocycles. The first-order chi connectivity index (χ1) is 15.0. The van der Waals surface area contributed by atoms with Crippen LogP contribution >= 0.6 is 0 Å². The topological polar surface area (TPSA) is 97.1 Å². The van der Waals surface area contributed by atoms with E-state index in [1.165, 1.54) is 12.1 Å². The molecule has 31 heavy (non-hydrogen) atoms. The highest BCUT2D eigenvalue weighted by Crippen LogP contribution is 2.24. The maximum absolute atomic E-state index is 12.3. The number of aromatic nitrogens is 4. The summed E-state index contributed by atoms with van der Waals surface area (Å²) in [7, 11) is 0. The van der Waals surface area contributed by atoms with Gasteiger partial charge in [-0.1, -0.05) is 12.1 Å². The number of nitrogens with one attached hydrogen (secondary N) is 2. The molecule has 4 aromatic rings. The molecule has 0 aliphatic rings. The zero-order chi connectivity index (χ0) is 21.8. The van der Waals surface area contributed by atoms with Crippen LogP contribution in [0.4, 0.5) is 26.1 Å². The van der Waals surface area contributed by atoms with Crippen molar-refractivity contribution in [2.75, 3.05) is 23.8 Å². The fourth-order valence-corrected chi connectivity index (χ4v) is 3.14. The van der Waals surface area contributed by atoms with E-state index in [4.69, 9.17) is 5.11 Å². The summed E-state index contributed by atoms with van der Waals surface area (Å²) in [6.07, 6.45) is 0. The molecule has 0 aliphatic carbocycles. The summed E-state index contributed by atoms with van der Waals surface area (Å²) in [6.45, 7) is -0.747. The van der Waals surface area contributed by atoms with Gasteiger partial charge in [0, 0.05) is 18.3 Å². The van der Waals surface area contributed by atoms with Crippen molar-refractivity contribution < 1.29 is 18.6 Å². The maximum Gasteiger partial charge on any atom is 0.387 e. The minimum atomic E-state index is -2.88. The molecule has 0 radical (unpaired) electrons. The fraction of sp³-hybridized carbons (Fsp3) is 0.190. The van der Waals surface area contributed by atoms with Crippen LogP contribution in [-0.2, 0) is 0 Å². The van der Waals surface area contributed by atoms with Gasteiger partial charge in [-0.15, -0.1) is 0 Å². The highest BCUT2D eigenvalue weighted by molar-refractivity contribution is 5.77. The Labute approximate surface area is 176 Å². The first kappa shape index (κ1) is 20.5. The minimum absolute atomic E-state index is 0.0548. The second kappa shape index (κ2) is 8.92. The number of fused-ring (bicyclic) bond motifs is 1. The maximum atomic E-state index is 12.3. The van der Waals surface area contributed by atoms with E-state index in [1.54, 1.807) is 18.2 Å². The number of aliphatic hydroxyl groups is 1. The van der Waals surface area contributed by atoms with E-state index < -0.39 is 6.61 Å². The van der Waals surface area contributed by atoms with Crippen LogP contribution in [0.3, 0.4) is 0 Å². The molecular formula is C21H20F2N6O2. The van der Waals surface area contributed by atoms with Gasteiger partial charge in [0.05, 0.1) is 17.6 Å². The summed E-state index contributed by atoms with van der Waals surface area (Å²) in [6, 6.07) is 15.5. The summed E-state index contributed by atoms with van der Waals surface area (Å²) < 4.78 is 30.9. The Bertz CT molecular complexity index is 1180. The Kier molecular flexibility index (Phi) is 5.89. The molecule has 0 unspecified atom stereocenters. The quantitative estimate of drug-likeness (QED) is 0.393. The molecule has 0 spiro atoms. The van der Waals surface area contributed by atoms with Crippen molar-refractivity contribution in [1.29, 1.82) is 0 Å². The van der Waals surface area contributed by atoms with Gasteiger partial charge in [-0.25, -0.2) is 4.98 Å². The lowest BCUT2D eigenvalue weighted by Crippen LogP contribution is -2.11. The summed E-state index contributed by atoms with van der Waals surface area (Å²) >= 11 is 0. The Morgan fingerprint density at radius 3 is 2.52 bits per heavy atom. The van der Waals surface area contributed by atoms with Crippen LogP contribution in [0.25, 0.3) is 17.0 Å². The molecule has 3 N–H and O–H groups in total. The molecule has 0 saturated heterocycles. The fourth-order valence-electron chi connectivity index (χ4n) is 3.14. The Balaban J connectivity index is 1.70. The number of hydrogen-bond donors (Lipinski definition) is 3. The molecule has 8 nitrogen and oxygen atoms in total. The molecule has 4 rings (SSSR count). The Morgan fingerprint density at radius 1 is 1.03 bits per heavy atom. The van der Waals surface area contributed by atoms with Crippen LogP contribution in [0.15, 0.2) is 54.6 Å². The lowest BCUT2D eigenvalue weighted by Gasteiger charge is -2.13. The van der Waals surface area contributed by atoms with Gasteiger partial charge >= 0.3 is 6.61 Å². The zero-order valence-corrected chi connectivity index (χ0v) is 16.6. The number of nitrogens with zero attached hydrogens (tertiary/aromatic N) is 4. The standard InChI is InChI=1S/C21H20F2N6O2/c1-13-25-16-4-2-3-5-17(16)29(13)21-27-18(24-10-11-30)12-19(28-21)26-14-6-8-15(9-7-14)31-20(22)23/h2-9,12,20,30H,10-11H2,1H3,(H2,24,26,27,28). The zero-order valence-electron chi connectivity index (χ0n) is 16.6. The van der Waals surface area contributed by atoms with Gasteiger partial charge in [0.25, 0.3) is 0 Å². The molecular weight excluding hydrogens is 406 g/mol. The molecule has 2 heterocycles. The number of para-hydroxylation sites is 2. The van der Waals surface area contributed by atoms with Crippen LogP contribution in [-0.4, -0.2) is 44.4 Å². The molecule has 0 atom stereocenters. The van der Waals surface area contributed by atoms with Gasteiger partial charge in [0.15, 0.2) is 0 Å². The lowest BCUT2D eigenvalue weighted by atomic mass is 10.3. The average Bonchev–Trinajstić information content (AvgIpc) is 3.09. The average molecular weight is 426 g/mol. The summed E-state index contributed by atoms with van der Waals surface area (Å²) in [5, 5.41) is 15.3. The van der Waals surface area contributed by atoms with Crippen LogP contribution in [0.5, 0.6) is 5.75 Å². The number of rotatable bonds is 8. The van der Waals surface area contributed by atoms with E-state index in [-0.39, 0.29) is 12.4 Å². The lowest BCUT2D eigenvalue weighted by molar-refractivity contribution is -0.0498. The SMILES string of the molecule is Cc1nc2ccccc2n1-c1nc(NCCO)cc(Nc2ccc(OC(F)F)cc2)n1. The second-order valence-electron chi connectivity index (χ2n) is 6.60. The van der Waals surface area contributed by atoms with Crippen LogP contribution in [0.2, 0.25) is 0 Å². The second-order valence-corrected chi connectivity index (χ2v) is 6.60. The third kappa shape index (κ3) is 4.69. The molecule has 0 fully saturated rings. The Hall–Kier alpha value is -3.79. The number of hydrogen-bond acceptors (Lipinski definition) is 7. The van der Waals surface area contributed by atoms with Crippen LogP contribution in [0.1, 0.15) is 5.82 Å². The van der Waals surface area contributed by atoms with E-state index >= 15 is 0 Å². The van der Waals surface area contributed by atoms with Crippen molar-refractivity contribution in [3.05, 3.63) is 60.4 Å². The minimum Gasteiger partial charge on any atom is -0.435 e. The summed E-state index contributed by atoms with van der Waals surface area (Å²) in [4.78, 5) is 13.7. The Morgan fingerprint density at radius 2 is 1.77 bits per heavy atom. The van der Waals surface area contributed by atoms with E-state index in [9.17, 15) is 8.78 Å². The monoisotopic (exact) mass is 426 g/mol. The number of anilines is 3. The highest BCUT2D eigenvalue weighted by atomic mass is 19.3. The predicted octanol–water partition coefficient (Wildman–Crippen LogP) is 3.87. The number of benzene rings is 2. The molecule has 10 heteroatoms. The molecule has 2 aromatic heterocycles. The molecule has 0 bridgehead atoms. The number of alkyl halides is 2. The van der Waals surface area contributed by atoms with Gasteiger partial charge in [0.1, 0.15) is 23.2 Å². The van der Waals surface area contributed by atoms with Crippen LogP contribution in [0, 0.1) is 6.92 Å². The van der Waals surface area contributed by atoms with Crippen molar-refractivity contribution in [2.45, 2.75) is 13.5 Å². The van der Waals surface area contributed by atoms with Crippen molar-refractivity contribution in [3.8, 4) is 11.7 Å². The summed E-state index contributed by atoms with van der Waals surface area (Å²) in [5.41, 5.74) is 2.31. The molecule has 0 amide bonds. The molecule has 2 aromatic carbocycles. The first-order valence-electron chi connectivity index (χ1n) is 9.53. The van der Waals surface area contributed by atoms with E-state index in [2.05, 4.69) is 30.3 Å². The number of aliphatic hydroxyl groups excluding tert-OH is 1. The number of imidazole rings is 1. The van der Waals surface area contributed by atoms with Gasteiger partial charge in [-0.05, 0) is 43.3 Å². The van der Waals surface area contributed by atoms with Crippen molar-refractivity contribution in [1.82, 2.24) is 19.5 Å². The van der Waals surface area contributed by atoms with Gasteiger partial charge in [-0.2, -0.15) is 18.7 Å². The molecule has 160 valence electrons. The van der Waals surface area contributed by atoms with Gasteiger partial charge in [0.2, 0.25) is 5.95 Å². The number of ether oxygens (including phenoxy) is 1. The number of halogens is 2. The van der Waals surface area contributed by atoms with E-state index in [0.717, 1.165) is 16.9 Å². The van der Waals surface area contributed by atoms with E-state index in [1.807, 2.05) is 35.8 Å². The smallest absolute Gasteiger partial charge is 0.387 e. The summed E-state index contributed by atoms with van der Waals surface area (Å²) in [5.74, 6) is 2.17. The van der Waals surface area contributed by atoms with E-state index in [0.29, 0.717) is 29.8 Å². The molecule has 0 saturated carbocycles. The first-order valence-corrected chi connectivity index (χ1v) is 9.53. The number of aryl methyl sites for hydroxylation is 1. The third-order valence-corrected chi connectivity index (χ3v) is 4.41. The van der Waals surface area contributed by atoms with Crippen LogP contribution < -0.4 is 15.4 Å². The third-order valence-electron chi connectivity index (χ3n) is 4.41. The largest absolute Gasteiger partial charge is 0.435 e. The normalized spacial score (nSPS) is 11.1.